The molecule has 4 rings (SSSR count). The fourth-order valence-electron chi connectivity index (χ4n) is 3.14. The van der Waals surface area contributed by atoms with Gasteiger partial charge in [-0.25, -0.2) is 0 Å². The number of amides is 1. The number of hydrogen-bond acceptors (Lipinski definition) is 6. The molecule has 2 aromatic heterocycles. The van der Waals surface area contributed by atoms with Gasteiger partial charge in [-0.1, -0.05) is 0 Å². The predicted molar refractivity (Wildman–Crippen MR) is 80.6 cm³/mol. The summed E-state index contributed by atoms with van der Waals surface area (Å²) in [5, 5.41) is 15.2. The van der Waals surface area contributed by atoms with Gasteiger partial charge in [-0.05, 0) is 38.3 Å². The quantitative estimate of drug-likeness (QED) is 0.855. The summed E-state index contributed by atoms with van der Waals surface area (Å²) in [6.45, 7) is 2.56. The largest absolute Gasteiger partial charge is 0.424 e. The number of rotatable bonds is 5. The van der Waals surface area contributed by atoms with Gasteiger partial charge in [0.2, 0.25) is 11.8 Å². The van der Waals surface area contributed by atoms with Gasteiger partial charge in [0.25, 0.3) is 5.91 Å². The van der Waals surface area contributed by atoms with Crippen molar-refractivity contribution in [1.29, 1.82) is 0 Å². The molecule has 3 N–H and O–H groups in total. The third-order valence-electron chi connectivity index (χ3n) is 4.56. The minimum Gasteiger partial charge on any atom is -0.424 e. The van der Waals surface area contributed by atoms with Crippen LogP contribution >= 0.6 is 0 Å². The van der Waals surface area contributed by atoms with Crippen LogP contribution in [0.4, 0.5) is 0 Å². The van der Waals surface area contributed by atoms with Gasteiger partial charge in [0.1, 0.15) is 5.69 Å². The zero-order valence-electron chi connectivity index (χ0n) is 12.9. The number of nitrogens with zero attached hydrogens (tertiary/aromatic N) is 4. The molecule has 1 saturated carbocycles. The summed E-state index contributed by atoms with van der Waals surface area (Å²) in [6.07, 6.45) is 4.47. The molecular weight excluding hydrogens is 296 g/mol. The van der Waals surface area contributed by atoms with Crippen LogP contribution in [0.5, 0.6) is 0 Å². The average Bonchev–Trinajstić information content (AvgIpc) is 3.09. The van der Waals surface area contributed by atoms with E-state index in [0.29, 0.717) is 30.0 Å². The minimum atomic E-state index is -0.501. The van der Waals surface area contributed by atoms with Crippen molar-refractivity contribution in [3.05, 3.63) is 29.2 Å². The van der Waals surface area contributed by atoms with Crippen molar-refractivity contribution in [1.82, 2.24) is 25.3 Å². The van der Waals surface area contributed by atoms with Crippen LogP contribution in [0, 0.1) is 0 Å². The fraction of sp³-hybridized carbons (Fsp3) is 0.600. The Morgan fingerprint density at radius 1 is 1.35 bits per heavy atom. The zero-order chi connectivity index (χ0) is 15.8. The molecule has 2 aliphatic rings. The topological polar surface area (TPSA) is 114 Å². The third-order valence-corrected chi connectivity index (χ3v) is 4.56. The van der Waals surface area contributed by atoms with Gasteiger partial charge in [-0.2, -0.15) is 5.10 Å². The smallest absolute Gasteiger partial charge is 0.269 e. The van der Waals surface area contributed by atoms with Gasteiger partial charge in [-0.15, -0.1) is 10.2 Å². The summed E-state index contributed by atoms with van der Waals surface area (Å²) in [5.41, 5.74) is 6.52. The van der Waals surface area contributed by atoms with Crippen LogP contribution in [0.3, 0.4) is 0 Å². The Labute approximate surface area is 133 Å². The van der Waals surface area contributed by atoms with E-state index in [1.165, 1.54) is 0 Å². The molecule has 0 spiro atoms. The Morgan fingerprint density at radius 2 is 2.22 bits per heavy atom. The van der Waals surface area contributed by atoms with E-state index >= 15 is 0 Å². The van der Waals surface area contributed by atoms with Crippen molar-refractivity contribution in [3.63, 3.8) is 0 Å². The highest BCUT2D eigenvalue weighted by Gasteiger charge is 2.30. The van der Waals surface area contributed by atoms with Gasteiger partial charge < -0.3 is 10.2 Å². The van der Waals surface area contributed by atoms with Gasteiger partial charge in [0.05, 0.1) is 6.54 Å². The molecule has 122 valence electrons. The van der Waals surface area contributed by atoms with Crippen LogP contribution in [0.1, 0.15) is 65.5 Å². The Bertz CT molecular complexity index is 704. The molecular formula is C15H20N6O2. The van der Waals surface area contributed by atoms with Crippen molar-refractivity contribution >= 4 is 5.91 Å². The third kappa shape index (κ3) is 3.12. The van der Waals surface area contributed by atoms with Crippen molar-refractivity contribution in [2.45, 2.75) is 44.1 Å². The molecule has 1 unspecified atom stereocenters. The second-order valence-corrected chi connectivity index (χ2v) is 6.46. The molecule has 1 amide bonds. The summed E-state index contributed by atoms with van der Waals surface area (Å²) in [6, 6.07) is 1.76. The van der Waals surface area contributed by atoms with Gasteiger partial charge in [-0.3, -0.25) is 14.8 Å². The van der Waals surface area contributed by atoms with Crippen LogP contribution in [-0.2, 0) is 6.54 Å². The fourth-order valence-corrected chi connectivity index (χ4v) is 3.14. The lowest BCUT2D eigenvalue weighted by atomic mass is 9.94. The number of carbonyl (C=O) groups excluding carboxylic acids is 1. The van der Waals surface area contributed by atoms with Gasteiger partial charge in [0, 0.05) is 24.1 Å². The summed E-state index contributed by atoms with van der Waals surface area (Å²) >= 11 is 0. The van der Waals surface area contributed by atoms with Crippen molar-refractivity contribution in [2.24, 2.45) is 5.73 Å². The molecule has 0 radical (unpaired) electrons. The number of aromatic nitrogens is 4. The first-order valence-corrected chi connectivity index (χ1v) is 8.09. The highest BCUT2D eigenvalue weighted by molar-refractivity contribution is 5.90. The van der Waals surface area contributed by atoms with E-state index in [1.54, 1.807) is 6.07 Å². The molecule has 1 aliphatic carbocycles. The van der Waals surface area contributed by atoms with Crippen LogP contribution in [0.25, 0.3) is 0 Å². The minimum absolute atomic E-state index is 0.295. The number of carbonyl (C=O) groups is 1. The maximum absolute atomic E-state index is 11.2. The number of nitrogens with two attached hydrogens (primary N) is 1. The van der Waals surface area contributed by atoms with E-state index in [1.807, 2.05) is 0 Å². The van der Waals surface area contributed by atoms with Gasteiger partial charge in [0.15, 0.2) is 0 Å². The molecule has 3 heterocycles. The molecule has 8 nitrogen and oxygen atoms in total. The Kier molecular flexibility index (Phi) is 3.60. The Morgan fingerprint density at radius 3 is 2.96 bits per heavy atom. The highest BCUT2D eigenvalue weighted by atomic mass is 16.4. The Balaban J connectivity index is 1.40. The molecule has 1 aliphatic heterocycles. The SMILES string of the molecule is NC(=O)c1cc(C2CCCN(Cc3nnc(C4CC4)o3)C2)[nH]n1. The number of piperidine rings is 1. The lowest BCUT2D eigenvalue weighted by Crippen LogP contribution is -2.34. The van der Waals surface area contributed by atoms with E-state index in [2.05, 4.69) is 25.3 Å². The van der Waals surface area contributed by atoms with E-state index < -0.39 is 5.91 Å². The number of aromatic amines is 1. The lowest BCUT2D eigenvalue weighted by Gasteiger charge is -2.31. The Hall–Kier alpha value is -2.22. The average molecular weight is 316 g/mol. The first kappa shape index (κ1) is 14.4. The van der Waals surface area contributed by atoms with Crippen LogP contribution in [-0.4, -0.2) is 44.3 Å². The second kappa shape index (κ2) is 5.77. The normalized spacial score (nSPS) is 22.3. The first-order valence-electron chi connectivity index (χ1n) is 8.09. The molecule has 2 aromatic rings. The second-order valence-electron chi connectivity index (χ2n) is 6.46. The molecule has 2 fully saturated rings. The van der Waals surface area contributed by atoms with Crippen LogP contribution in [0.2, 0.25) is 0 Å². The maximum Gasteiger partial charge on any atom is 0.269 e. The standard InChI is InChI=1S/C15H20N6O2/c16-14(22)12-6-11(17-18-12)10-2-1-5-21(7-10)8-13-19-20-15(23-13)9-3-4-9/h6,9-10H,1-5,7-8H2,(H2,16,22)(H,17,18). The number of hydrogen-bond donors (Lipinski definition) is 2. The number of nitrogens with one attached hydrogen (secondary N) is 1. The first-order chi connectivity index (χ1) is 11.2. The molecule has 23 heavy (non-hydrogen) atoms. The van der Waals surface area contributed by atoms with E-state index in [4.69, 9.17) is 10.2 Å². The van der Waals surface area contributed by atoms with Crippen LogP contribution in [0.15, 0.2) is 10.5 Å². The highest BCUT2D eigenvalue weighted by Crippen LogP contribution is 2.39. The number of likely N-dealkylation sites (tertiary alicyclic amines) is 1. The van der Waals surface area contributed by atoms with Gasteiger partial charge >= 0.3 is 0 Å². The molecule has 1 saturated heterocycles. The monoisotopic (exact) mass is 316 g/mol. The van der Waals surface area contributed by atoms with Crippen molar-refractivity contribution < 1.29 is 9.21 Å². The lowest BCUT2D eigenvalue weighted by molar-refractivity contribution is 0.0995. The van der Waals surface area contributed by atoms with E-state index in [-0.39, 0.29) is 0 Å². The predicted octanol–water partition coefficient (Wildman–Crippen LogP) is 1.15. The van der Waals surface area contributed by atoms with Crippen molar-refractivity contribution in [3.8, 4) is 0 Å². The molecule has 0 aromatic carbocycles. The zero-order valence-corrected chi connectivity index (χ0v) is 12.9. The van der Waals surface area contributed by atoms with Crippen LogP contribution < -0.4 is 5.73 Å². The molecule has 0 bridgehead atoms. The molecule has 8 heteroatoms. The molecule has 1 atom stereocenters. The maximum atomic E-state index is 11.2. The summed E-state index contributed by atoms with van der Waals surface area (Å²) in [7, 11) is 0. The number of primary amides is 1. The van der Waals surface area contributed by atoms with E-state index in [9.17, 15) is 4.79 Å². The summed E-state index contributed by atoms with van der Waals surface area (Å²) in [5.74, 6) is 1.78. The summed E-state index contributed by atoms with van der Waals surface area (Å²) < 4.78 is 5.74. The summed E-state index contributed by atoms with van der Waals surface area (Å²) in [4.78, 5) is 13.5. The van der Waals surface area contributed by atoms with Crippen molar-refractivity contribution in [2.75, 3.05) is 13.1 Å². The van der Waals surface area contributed by atoms with E-state index in [0.717, 1.165) is 50.4 Å². The number of H-pyrrole nitrogens is 1.